The maximum absolute atomic E-state index is 12.7. The van der Waals surface area contributed by atoms with E-state index in [1.165, 1.54) is 0 Å². The van der Waals surface area contributed by atoms with Crippen LogP contribution >= 0.6 is 0 Å². The maximum atomic E-state index is 12.7. The number of imide groups is 1. The number of carbonyl (C=O) groups is 4. The highest BCUT2D eigenvalue weighted by atomic mass is 16.2. The number of rotatable bonds is 6. The number of piperazine rings is 1. The molecule has 0 aromatic heterocycles. The molecule has 0 spiro atoms. The summed E-state index contributed by atoms with van der Waals surface area (Å²) in [6.45, 7) is 9.75. The van der Waals surface area contributed by atoms with Crippen LogP contribution < -0.4 is 15.5 Å². The molecule has 9 nitrogen and oxygen atoms in total. The number of hydrogen-bond donors (Lipinski definition) is 3. The first-order valence-electron chi connectivity index (χ1n) is 10.8. The van der Waals surface area contributed by atoms with Crippen molar-refractivity contribution in [3.63, 3.8) is 0 Å². The molecule has 1 aromatic carbocycles. The van der Waals surface area contributed by atoms with Gasteiger partial charge in [-0.3, -0.25) is 19.3 Å². The number of hydrogen-bond acceptors (Lipinski definition) is 4. The van der Waals surface area contributed by atoms with Crippen LogP contribution in [-0.4, -0.2) is 78.4 Å². The number of carbonyl (C=O) groups excluding carboxylic acids is 4. The molecule has 2 aliphatic heterocycles. The number of nitrogens with zero attached hydrogens (tertiary/aromatic N) is 2. The monoisotopic (exact) mass is 430 g/mol. The van der Waals surface area contributed by atoms with Crippen LogP contribution in [0.3, 0.4) is 0 Å². The number of benzene rings is 1. The first-order chi connectivity index (χ1) is 14.6. The average Bonchev–Trinajstić information content (AvgIpc) is 2.95. The quantitative estimate of drug-likeness (QED) is 0.539. The molecule has 0 aliphatic carbocycles. The Bertz CT molecular complexity index is 874. The number of anilines is 1. The molecule has 3 N–H and O–H groups in total. The molecule has 2 heterocycles. The largest absolute Gasteiger partial charge is 0.330 e. The second-order valence-electron chi connectivity index (χ2n) is 8.63. The fourth-order valence-corrected chi connectivity index (χ4v) is 4.04. The van der Waals surface area contributed by atoms with E-state index < -0.39 is 11.6 Å². The second kappa shape index (κ2) is 9.05. The Balaban J connectivity index is 1.48. The molecule has 9 heteroatoms. The van der Waals surface area contributed by atoms with Gasteiger partial charge in [0, 0.05) is 5.69 Å². The summed E-state index contributed by atoms with van der Waals surface area (Å²) >= 11 is 0. The van der Waals surface area contributed by atoms with E-state index in [1.807, 2.05) is 39.0 Å². The molecule has 1 atom stereocenters. The molecule has 0 bridgehead atoms. The van der Waals surface area contributed by atoms with E-state index in [9.17, 15) is 19.2 Å². The third-order valence-electron chi connectivity index (χ3n) is 6.32. The first kappa shape index (κ1) is 22.7. The van der Waals surface area contributed by atoms with E-state index in [2.05, 4.69) is 10.6 Å². The lowest BCUT2D eigenvalue weighted by molar-refractivity contribution is -0.895. The van der Waals surface area contributed by atoms with E-state index in [4.69, 9.17) is 0 Å². The molecule has 0 radical (unpaired) electrons. The second-order valence-corrected chi connectivity index (χ2v) is 8.63. The summed E-state index contributed by atoms with van der Waals surface area (Å²) < 4.78 is 0. The van der Waals surface area contributed by atoms with Gasteiger partial charge in [0.25, 0.3) is 11.8 Å². The SMILES string of the molecule is CC[C@]1(C)NC(=O)N(CC(=O)N2CC[NH+](CC(=O)Nc3c(C)cccc3C)CC2)C1=O. The zero-order valence-electron chi connectivity index (χ0n) is 18.7. The highest BCUT2D eigenvalue weighted by Crippen LogP contribution is 2.21. The molecule has 1 aromatic rings. The van der Waals surface area contributed by atoms with Gasteiger partial charge in [-0.1, -0.05) is 25.1 Å². The Hall–Kier alpha value is -2.94. The summed E-state index contributed by atoms with van der Waals surface area (Å²) in [6, 6.07) is 5.38. The van der Waals surface area contributed by atoms with E-state index in [-0.39, 0.29) is 24.3 Å². The lowest BCUT2D eigenvalue weighted by atomic mass is 9.99. The molecule has 3 rings (SSSR count). The number of amides is 5. The molecule has 2 saturated heterocycles. The van der Waals surface area contributed by atoms with Crippen LogP contribution in [0, 0.1) is 13.8 Å². The fraction of sp³-hybridized carbons (Fsp3) is 0.545. The minimum absolute atomic E-state index is 0.0506. The third kappa shape index (κ3) is 4.87. The van der Waals surface area contributed by atoms with Gasteiger partial charge >= 0.3 is 6.03 Å². The van der Waals surface area contributed by atoms with Crippen LogP contribution in [-0.2, 0) is 14.4 Å². The standard InChI is InChI=1S/C22H31N5O4/c1-5-22(4)20(30)27(21(31)24-22)14-18(29)26-11-9-25(10-12-26)13-17(28)23-19-15(2)7-6-8-16(19)3/h6-8H,5,9-14H2,1-4H3,(H,23,28)(H,24,31)/p+1/t22-/m0/s1. The summed E-state index contributed by atoms with van der Waals surface area (Å²) in [7, 11) is 0. The van der Waals surface area contributed by atoms with Gasteiger partial charge in [-0.25, -0.2) is 4.79 Å². The molecule has 0 saturated carbocycles. The molecule has 2 fully saturated rings. The Kier molecular flexibility index (Phi) is 6.64. The highest BCUT2D eigenvalue weighted by molar-refractivity contribution is 6.08. The summed E-state index contributed by atoms with van der Waals surface area (Å²) in [6.07, 6.45) is 0.467. The number of nitrogens with one attached hydrogen (secondary N) is 3. The third-order valence-corrected chi connectivity index (χ3v) is 6.32. The van der Waals surface area contributed by atoms with Crippen molar-refractivity contribution in [2.75, 3.05) is 44.6 Å². The summed E-state index contributed by atoms with van der Waals surface area (Å²) in [4.78, 5) is 53.5. The van der Waals surface area contributed by atoms with Crippen molar-refractivity contribution in [3.05, 3.63) is 29.3 Å². The average molecular weight is 431 g/mol. The Morgan fingerprint density at radius 1 is 1.16 bits per heavy atom. The van der Waals surface area contributed by atoms with Crippen LogP contribution in [0.25, 0.3) is 0 Å². The van der Waals surface area contributed by atoms with Crippen molar-refractivity contribution in [2.45, 2.75) is 39.7 Å². The zero-order chi connectivity index (χ0) is 22.8. The normalized spacial score (nSPS) is 21.9. The number of urea groups is 1. The maximum Gasteiger partial charge on any atom is 0.325 e. The zero-order valence-corrected chi connectivity index (χ0v) is 18.7. The van der Waals surface area contributed by atoms with Gasteiger partial charge in [0.2, 0.25) is 5.91 Å². The number of para-hydroxylation sites is 1. The van der Waals surface area contributed by atoms with Crippen molar-refractivity contribution < 1.29 is 24.1 Å². The molecule has 31 heavy (non-hydrogen) atoms. The topological polar surface area (TPSA) is 103 Å². The molecule has 168 valence electrons. The van der Waals surface area contributed by atoms with Crippen LogP contribution in [0.15, 0.2) is 18.2 Å². The molecule has 2 aliphatic rings. The molecular weight excluding hydrogens is 398 g/mol. The van der Waals surface area contributed by atoms with Crippen LogP contribution in [0.5, 0.6) is 0 Å². The number of aryl methyl sites for hydroxylation is 2. The van der Waals surface area contributed by atoms with Crippen LogP contribution in [0.1, 0.15) is 31.4 Å². The van der Waals surface area contributed by atoms with Gasteiger partial charge < -0.3 is 20.4 Å². The molecular formula is C22H32N5O4+. The molecule has 5 amide bonds. The van der Waals surface area contributed by atoms with Crippen molar-refractivity contribution in [3.8, 4) is 0 Å². The predicted molar refractivity (Wildman–Crippen MR) is 116 cm³/mol. The first-order valence-corrected chi connectivity index (χ1v) is 10.8. The van der Waals surface area contributed by atoms with Crippen LogP contribution in [0.4, 0.5) is 10.5 Å². The number of quaternary nitrogens is 1. The van der Waals surface area contributed by atoms with Gasteiger partial charge in [-0.2, -0.15) is 0 Å². The van der Waals surface area contributed by atoms with Gasteiger partial charge in [0.1, 0.15) is 12.1 Å². The fourth-order valence-electron chi connectivity index (χ4n) is 4.04. The Morgan fingerprint density at radius 2 is 1.77 bits per heavy atom. The Labute approximate surface area is 182 Å². The Morgan fingerprint density at radius 3 is 2.32 bits per heavy atom. The molecule has 0 unspecified atom stereocenters. The van der Waals surface area contributed by atoms with Gasteiger partial charge in [0.05, 0.1) is 26.2 Å². The van der Waals surface area contributed by atoms with Crippen molar-refractivity contribution >= 4 is 29.4 Å². The van der Waals surface area contributed by atoms with E-state index >= 15 is 0 Å². The van der Waals surface area contributed by atoms with Crippen molar-refractivity contribution in [2.24, 2.45) is 0 Å². The predicted octanol–water partition coefficient (Wildman–Crippen LogP) is -0.310. The summed E-state index contributed by atoms with van der Waals surface area (Å²) in [5.41, 5.74) is 1.97. The summed E-state index contributed by atoms with van der Waals surface area (Å²) in [5.74, 6) is -0.658. The lowest BCUT2D eigenvalue weighted by Crippen LogP contribution is -3.15. The van der Waals surface area contributed by atoms with E-state index in [0.717, 1.165) is 26.6 Å². The van der Waals surface area contributed by atoms with Crippen LogP contribution in [0.2, 0.25) is 0 Å². The van der Waals surface area contributed by atoms with E-state index in [0.29, 0.717) is 39.1 Å². The smallest absolute Gasteiger partial charge is 0.325 e. The van der Waals surface area contributed by atoms with Crippen molar-refractivity contribution in [1.29, 1.82) is 0 Å². The minimum Gasteiger partial charge on any atom is -0.330 e. The van der Waals surface area contributed by atoms with Gasteiger partial charge in [-0.15, -0.1) is 0 Å². The van der Waals surface area contributed by atoms with Gasteiger partial charge in [-0.05, 0) is 38.3 Å². The lowest BCUT2D eigenvalue weighted by Gasteiger charge is -2.32. The summed E-state index contributed by atoms with van der Waals surface area (Å²) in [5, 5.41) is 5.66. The van der Waals surface area contributed by atoms with E-state index in [1.54, 1.807) is 11.8 Å². The minimum atomic E-state index is -0.941. The highest BCUT2D eigenvalue weighted by Gasteiger charge is 2.47. The van der Waals surface area contributed by atoms with Crippen molar-refractivity contribution in [1.82, 2.24) is 15.1 Å². The van der Waals surface area contributed by atoms with Gasteiger partial charge in [0.15, 0.2) is 6.54 Å².